The van der Waals surface area contributed by atoms with Gasteiger partial charge in [-0.3, -0.25) is 0 Å². The zero-order valence-electron chi connectivity index (χ0n) is 8.34. The molecule has 2 heterocycles. The Morgan fingerprint density at radius 2 is 1.59 bits per heavy atom. The third-order valence-corrected chi connectivity index (χ3v) is 5.43. The lowest BCUT2D eigenvalue weighted by Crippen LogP contribution is -1.73. The zero-order chi connectivity index (χ0) is 12.0. The van der Waals surface area contributed by atoms with Gasteiger partial charge in [0.05, 0.1) is 9.04 Å². The van der Waals surface area contributed by atoms with Crippen LogP contribution in [-0.4, -0.2) is 0 Å². The van der Waals surface area contributed by atoms with E-state index in [9.17, 15) is 0 Å². The van der Waals surface area contributed by atoms with Crippen LogP contribution in [0, 0.1) is 0 Å². The average Bonchev–Trinajstić information content (AvgIpc) is 2.75. The molecule has 86 valence electrons. The Bertz CT molecular complexity index is 680. The molecule has 3 aromatic rings. The molecule has 0 aliphatic carbocycles. The maximum Gasteiger partial charge on any atom is 0.103 e. The standard InChI is InChI=1S/C12H5Cl3S2/c13-7-3-1-6(2-4-7)10-11-8(16-12(10)15)5-9(14)17-11/h1-5H. The number of hydrogen-bond donors (Lipinski definition) is 0. The molecular weight excluding hydrogens is 315 g/mol. The average molecular weight is 320 g/mol. The van der Waals surface area contributed by atoms with Crippen molar-refractivity contribution < 1.29 is 0 Å². The lowest BCUT2D eigenvalue weighted by molar-refractivity contribution is 1.69. The Kier molecular flexibility index (Phi) is 3.09. The second kappa shape index (κ2) is 4.45. The summed E-state index contributed by atoms with van der Waals surface area (Å²) in [6, 6.07) is 9.64. The van der Waals surface area contributed by atoms with Crippen molar-refractivity contribution in [1.82, 2.24) is 0 Å². The number of halogens is 3. The van der Waals surface area contributed by atoms with Crippen molar-refractivity contribution in [2.45, 2.75) is 0 Å². The molecule has 0 unspecified atom stereocenters. The van der Waals surface area contributed by atoms with E-state index in [2.05, 4.69) is 0 Å². The van der Waals surface area contributed by atoms with Crippen molar-refractivity contribution in [1.29, 1.82) is 0 Å². The Labute approximate surface area is 121 Å². The molecule has 0 atom stereocenters. The van der Waals surface area contributed by atoms with Crippen molar-refractivity contribution in [2.24, 2.45) is 0 Å². The van der Waals surface area contributed by atoms with E-state index in [1.165, 1.54) is 0 Å². The lowest BCUT2D eigenvalue weighted by Gasteiger charge is -1.99. The first-order valence-electron chi connectivity index (χ1n) is 4.78. The molecular formula is C12H5Cl3S2. The van der Waals surface area contributed by atoms with Crippen LogP contribution in [-0.2, 0) is 0 Å². The van der Waals surface area contributed by atoms with E-state index < -0.39 is 0 Å². The number of thiophene rings is 2. The smallest absolute Gasteiger partial charge is 0.103 e. The highest BCUT2D eigenvalue weighted by Gasteiger charge is 2.15. The van der Waals surface area contributed by atoms with Crippen LogP contribution in [0.5, 0.6) is 0 Å². The summed E-state index contributed by atoms with van der Waals surface area (Å²) in [6.45, 7) is 0. The monoisotopic (exact) mass is 318 g/mol. The first-order chi connectivity index (χ1) is 8.15. The van der Waals surface area contributed by atoms with Crippen LogP contribution in [0.15, 0.2) is 30.3 Å². The summed E-state index contributed by atoms with van der Waals surface area (Å²) in [4.78, 5) is 0. The van der Waals surface area contributed by atoms with E-state index in [-0.39, 0.29) is 0 Å². The topological polar surface area (TPSA) is 0 Å². The Morgan fingerprint density at radius 1 is 0.882 bits per heavy atom. The van der Waals surface area contributed by atoms with Gasteiger partial charge in [-0.2, -0.15) is 0 Å². The second-order valence-corrected chi connectivity index (χ2v) is 7.28. The van der Waals surface area contributed by atoms with Crippen molar-refractivity contribution in [3.63, 3.8) is 0 Å². The minimum absolute atomic E-state index is 0.723. The summed E-state index contributed by atoms with van der Waals surface area (Å²) in [6.07, 6.45) is 0. The number of fused-ring (bicyclic) bond motifs is 1. The highest BCUT2D eigenvalue weighted by Crippen LogP contribution is 2.47. The quantitative estimate of drug-likeness (QED) is 0.474. The van der Waals surface area contributed by atoms with Crippen molar-refractivity contribution in [2.75, 3.05) is 0 Å². The first kappa shape index (κ1) is 11.8. The molecule has 0 fully saturated rings. The van der Waals surface area contributed by atoms with Crippen LogP contribution >= 0.6 is 57.5 Å². The van der Waals surface area contributed by atoms with Gasteiger partial charge in [-0.1, -0.05) is 46.9 Å². The molecule has 17 heavy (non-hydrogen) atoms. The van der Waals surface area contributed by atoms with E-state index in [4.69, 9.17) is 34.8 Å². The fourth-order valence-electron chi connectivity index (χ4n) is 1.69. The predicted molar refractivity (Wildman–Crippen MR) is 80.2 cm³/mol. The van der Waals surface area contributed by atoms with Crippen molar-refractivity contribution in [3.05, 3.63) is 44.0 Å². The maximum absolute atomic E-state index is 6.28. The molecule has 0 spiro atoms. The highest BCUT2D eigenvalue weighted by molar-refractivity contribution is 7.32. The van der Waals surface area contributed by atoms with Gasteiger partial charge >= 0.3 is 0 Å². The SMILES string of the molecule is Clc1ccc(-c2c(Cl)sc3cc(Cl)sc23)cc1. The molecule has 5 heteroatoms. The summed E-state index contributed by atoms with van der Waals surface area (Å²) in [7, 11) is 0. The molecule has 0 amide bonds. The van der Waals surface area contributed by atoms with E-state index in [0.717, 1.165) is 34.2 Å². The maximum atomic E-state index is 6.28. The van der Waals surface area contributed by atoms with Crippen molar-refractivity contribution >= 4 is 66.9 Å². The van der Waals surface area contributed by atoms with Crippen molar-refractivity contribution in [3.8, 4) is 11.1 Å². The van der Waals surface area contributed by atoms with E-state index in [1.807, 2.05) is 30.3 Å². The zero-order valence-corrected chi connectivity index (χ0v) is 12.2. The van der Waals surface area contributed by atoms with Gasteiger partial charge in [0.2, 0.25) is 0 Å². The van der Waals surface area contributed by atoms with E-state index in [0.29, 0.717) is 0 Å². The Morgan fingerprint density at radius 3 is 2.29 bits per heavy atom. The first-order valence-corrected chi connectivity index (χ1v) is 7.55. The van der Waals surface area contributed by atoms with Gasteiger partial charge in [0.1, 0.15) is 4.34 Å². The summed E-state index contributed by atoms with van der Waals surface area (Å²) >= 11 is 21.3. The van der Waals surface area contributed by atoms with E-state index in [1.54, 1.807) is 22.7 Å². The summed E-state index contributed by atoms with van der Waals surface area (Å²) < 4.78 is 3.87. The molecule has 0 nitrogen and oxygen atoms in total. The molecule has 3 rings (SSSR count). The van der Waals surface area contributed by atoms with Gasteiger partial charge in [-0.15, -0.1) is 22.7 Å². The molecule has 0 bridgehead atoms. The summed E-state index contributed by atoms with van der Waals surface area (Å²) in [5.74, 6) is 0. The van der Waals surface area contributed by atoms with Crippen LogP contribution in [0.2, 0.25) is 13.7 Å². The molecule has 0 saturated heterocycles. The minimum atomic E-state index is 0.723. The van der Waals surface area contributed by atoms with Gasteiger partial charge in [0.25, 0.3) is 0 Å². The molecule has 0 radical (unpaired) electrons. The number of rotatable bonds is 1. The molecule has 0 saturated carbocycles. The van der Waals surface area contributed by atoms with Crippen LogP contribution in [0.4, 0.5) is 0 Å². The third kappa shape index (κ3) is 2.09. The number of benzene rings is 1. The van der Waals surface area contributed by atoms with Gasteiger partial charge in [0.15, 0.2) is 0 Å². The van der Waals surface area contributed by atoms with Crippen LogP contribution in [0.1, 0.15) is 0 Å². The van der Waals surface area contributed by atoms with Crippen LogP contribution in [0.3, 0.4) is 0 Å². The van der Waals surface area contributed by atoms with Gasteiger partial charge in [-0.05, 0) is 23.8 Å². The summed E-state index contributed by atoms with van der Waals surface area (Å²) in [5.41, 5.74) is 2.13. The lowest BCUT2D eigenvalue weighted by atomic mass is 10.1. The van der Waals surface area contributed by atoms with E-state index >= 15 is 0 Å². The molecule has 0 N–H and O–H groups in total. The Balaban J connectivity index is 2.28. The van der Waals surface area contributed by atoms with Gasteiger partial charge < -0.3 is 0 Å². The van der Waals surface area contributed by atoms with Crippen LogP contribution < -0.4 is 0 Å². The molecule has 0 aliphatic rings. The normalized spacial score (nSPS) is 11.2. The summed E-state index contributed by atoms with van der Waals surface area (Å²) in [5, 5.41) is 0.723. The fraction of sp³-hybridized carbons (Fsp3) is 0. The molecule has 1 aromatic carbocycles. The molecule has 0 aliphatic heterocycles. The van der Waals surface area contributed by atoms with Gasteiger partial charge in [-0.25, -0.2) is 0 Å². The predicted octanol–water partition coefficient (Wildman–Crippen LogP) is 6.59. The third-order valence-electron chi connectivity index (χ3n) is 2.42. The highest BCUT2D eigenvalue weighted by atomic mass is 35.5. The largest absolute Gasteiger partial charge is 0.122 e. The van der Waals surface area contributed by atoms with Crippen LogP contribution in [0.25, 0.3) is 20.5 Å². The minimum Gasteiger partial charge on any atom is -0.122 e. The second-order valence-electron chi connectivity index (χ2n) is 3.50. The Hall–Kier alpha value is -0.250. The molecule has 2 aromatic heterocycles. The fourth-order valence-corrected chi connectivity index (χ4v) is 4.86. The van der Waals surface area contributed by atoms with Gasteiger partial charge in [0, 0.05) is 15.3 Å². The number of hydrogen-bond acceptors (Lipinski definition) is 2.